The number of aromatic nitrogens is 2. The summed E-state index contributed by atoms with van der Waals surface area (Å²) in [5, 5.41) is 12.9. The third kappa shape index (κ3) is 3.25. The second kappa shape index (κ2) is 6.92. The second-order valence-corrected chi connectivity index (χ2v) is 6.25. The molecular formula is C20H16N4O3. The number of carbonyl (C=O) groups excluding carboxylic acids is 1. The van der Waals surface area contributed by atoms with Crippen molar-refractivity contribution >= 4 is 11.6 Å². The van der Waals surface area contributed by atoms with Crippen molar-refractivity contribution in [2.24, 2.45) is 0 Å². The summed E-state index contributed by atoms with van der Waals surface area (Å²) < 4.78 is 10.6. The molecule has 1 fully saturated rings. The number of nitrogens with zero attached hydrogens (tertiary/aromatic N) is 4. The van der Waals surface area contributed by atoms with Crippen LogP contribution in [0.3, 0.4) is 0 Å². The summed E-state index contributed by atoms with van der Waals surface area (Å²) in [6.45, 7) is 0.484. The van der Waals surface area contributed by atoms with E-state index in [-0.39, 0.29) is 11.8 Å². The van der Waals surface area contributed by atoms with Crippen LogP contribution in [0.5, 0.6) is 5.75 Å². The molecule has 3 aromatic rings. The summed E-state index contributed by atoms with van der Waals surface area (Å²) in [5.74, 6) is 1.46. The Hall–Kier alpha value is -3.66. The van der Waals surface area contributed by atoms with Crippen molar-refractivity contribution in [3.05, 3.63) is 59.9 Å². The maximum absolute atomic E-state index is 12.5. The lowest BCUT2D eigenvalue weighted by Gasteiger charge is -2.16. The molecule has 1 aliphatic rings. The summed E-state index contributed by atoms with van der Waals surface area (Å²) in [5.41, 5.74) is 2.09. The minimum absolute atomic E-state index is 0.0120. The molecule has 27 heavy (non-hydrogen) atoms. The molecule has 0 radical (unpaired) electrons. The molecule has 4 rings (SSSR count). The molecule has 7 nitrogen and oxygen atoms in total. The Balaban J connectivity index is 1.54. The van der Waals surface area contributed by atoms with Gasteiger partial charge in [-0.25, -0.2) is 0 Å². The smallest absolute Gasteiger partial charge is 0.257 e. The van der Waals surface area contributed by atoms with Crippen LogP contribution < -0.4 is 9.64 Å². The standard InChI is InChI=1S/C20H16N4O3/c1-26-17-4-2-3-16(10-17)24-12-15(9-18(24)25)19-22-20(27-23-19)14-7-5-13(11-21)6-8-14/h2-8,10,15H,9,12H2,1H3. The van der Waals surface area contributed by atoms with Crippen molar-refractivity contribution < 1.29 is 14.1 Å². The highest BCUT2D eigenvalue weighted by Gasteiger charge is 2.34. The number of hydrogen-bond donors (Lipinski definition) is 0. The zero-order chi connectivity index (χ0) is 18.8. The molecule has 1 aliphatic heterocycles. The zero-order valence-corrected chi connectivity index (χ0v) is 14.6. The Morgan fingerprint density at radius 1 is 1.26 bits per heavy atom. The van der Waals surface area contributed by atoms with Gasteiger partial charge in [0, 0.05) is 36.2 Å². The van der Waals surface area contributed by atoms with Crippen LogP contribution in [0.2, 0.25) is 0 Å². The van der Waals surface area contributed by atoms with E-state index in [1.165, 1.54) is 0 Å². The molecule has 7 heteroatoms. The van der Waals surface area contributed by atoms with E-state index in [1.54, 1.807) is 36.3 Å². The van der Waals surface area contributed by atoms with Gasteiger partial charge in [-0.2, -0.15) is 10.2 Å². The van der Waals surface area contributed by atoms with Crippen molar-refractivity contribution in [1.82, 2.24) is 10.1 Å². The number of ether oxygens (including phenoxy) is 1. The first kappa shape index (κ1) is 16.8. The lowest BCUT2D eigenvalue weighted by atomic mass is 10.1. The van der Waals surface area contributed by atoms with Crippen molar-refractivity contribution in [1.29, 1.82) is 5.26 Å². The number of nitriles is 1. The Morgan fingerprint density at radius 3 is 2.81 bits per heavy atom. The molecule has 0 bridgehead atoms. The fourth-order valence-electron chi connectivity index (χ4n) is 3.11. The fraction of sp³-hybridized carbons (Fsp3) is 0.200. The number of methoxy groups -OCH3 is 1. The van der Waals surface area contributed by atoms with Gasteiger partial charge in [-0.1, -0.05) is 11.2 Å². The van der Waals surface area contributed by atoms with Crippen LogP contribution in [0.1, 0.15) is 23.7 Å². The summed E-state index contributed by atoms with van der Waals surface area (Å²) in [6, 6.07) is 16.4. The lowest BCUT2D eigenvalue weighted by molar-refractivity contribution is -0.117. The van der Waals surface area contributed by atoms with Crippen LogP contribution in [0, 0.1) is 11.3 Å². The molecule has 0 aliphatic carbocycles. The van der Waals surface area contributed by atoms with Crippen molar-refractivity contribution in [2.45, 2.75) is 12.3 Å². The van der Waals surface area contributed by atoms with Gasteiger partial charge in [0.15, 0.2) is 5.82 Å². The molecule has 134 valence electrons. The SMILES string of the molecule is COc1cccc(N2CC(c3noc(-c4ccc(C#N)cc4)n3)CC2=O)c1. The summed E-state index contributed by atoms with van der Waals surface area (Å²) in [6.07, 6.45) is 0.323. The molecule has 1 atom stereocenters. The fourth-order valence-corrected chi connectivity index (χ4v) is 3.11. The Kier molecular flexibility index (Phi) is 4.30. The highest BCUT2D eigenvalue weighted by atomic mass is 16.5. The van der Waals surface area contributed by atoms with E-state index in [9.17, 15) is 4.79 Å². The van der Waals surface area contributed by atoms with Crippen LogP contribution in [0.15, 0.2) is 53.1 Å². The van der Waals surface area contributed by atoms with E-state index in [0.29, 0.717) is 36.0 Å². The number of benzene rings is 2. The summed E-state index contributed by atoms with van der Waals surface area (Å²) in [4.78, 5) is 18.6. The second-order valence-electron chi connectivity index (χ2n) is 6.25. The van der Waals surface area contributed by atoms with E-state index >= 15 is 0 Å². The summed E-state index contributed by atoms with van der Waals surface area (Å²) in [7, 11) is 1.59. The normalized spacial score (nSPS) is 16.4. The number of anilines is 1. The van der Waals surface area contributed by atoms with Gasteiger partial charge >= 0.3 is 0 Å². The van der Waals surface area contributed by atoms with E-state index in [4.69, 9.17) is 14.5 Å². The largest absolute Gasteiger partial charge is 0.497 e. The first-order chi connectivity index (χ1) is 13.2. The molecule has 1 amide bonds. The predicted octanol–water partition coefficient (Wildman–Crippen LogP) is 3.14. The van der Waals surface area contributed by atoms with Gasteiger partial charge in [0.1, 0.15) is 5.75 Å². The number of hydrogen-bond acceptors (Lipinski definition) is 6. The van der Waals surface area contributed by atoms with E-state index in [1.807, 2.05) is 24.3 Å². The lowest BCUT2D eigenvalue weighted by Crippen LogP contribution is -2.24. The first-order valence-electron chi connectivity index (χ1n) is 8.46. The molecule has 0 N–H and O–H groups in total. The molecule has 0 spiro atoms. The highest BCUT2D eigenvalue weighted by molar-refractivity contribution is 5.96. The van der Waals surface area contributed by atoms with Crippen molar-refractivity contribution in [2.75, 3.05) is 18.6 Å². The van der Waals surface area contributed by atoms with Gasteiger partial charge in [-0.3, -0.25) is 4.79 Å². The van der Waals surface area contributed by atoms with E-state index in [0.717, 1.165) is 11.3 Å². The summed E-state index contributed by atoms with van der Waals surface area (Å²) >= 11 is 0. The van der Waals surface area contributed by atoms with E-state index in [2.05, 4.69) is 16.2 Å². The minimum atomic E-state index is -0.139. The van der Waals surface area contributed by atoms with Gasteiger partial charge in [0.2, 0.25) is 5.91 Å². The first-order valence-corrected chi connectivity index (χ1v) is 8.46. The van der Waals surface area contributed by atoms with Gasteiger partial charge in [-0.05, 0) is 36.4 Å². The third-order valence-electron chi connectivity index (χ3n) is 4.56. The number of amides is 1. The Bertz CT molecular complexity index is 1020. The minimum Gasteiger partial charge on any atom is -0.497 e. The van der Waals surface area contributed by atoms with Gasteiger partial charge in [0.05, 0.1) is 18.7 Å². The maximum atomic E-state index is 12.5. The number of rotatable bonds is 4. The zero-order valence-electron chi connectivity index (χ0n) is 14.6. The average molecular weight is 360 g/mol. The van der Waals surface area contributed by atoms with Crippen LogP contribution in [0.25, 0.3) is 11.5 Å². The highest BCUT2D eigenvalue weighted by Crippen LogP contribution is 2.32. The molecule has 2 heterocycles. The average Bonchev–Trinajstić information content (AvgIpc) is 3.35. The quantitative estimate of drug-likeness (QED) is 0.710. The van der Waals surface area contributed by atoms with Crippen LogP contribution in [-0.2, 0) is 4.79 Å². The monoisotopic (exact) mass is 360 g/mol. The van der Waals surface area contributed by atoms with E-state index < -0.39 is 0 Å². The van der Waals surface area contributed by atoms with Crippen LogP contribution >= 0.6 is 0 Å². The van der Waals surface area contributed by atoms with Gasteiger partial charge < -0.3 is 14.2 Å². The molecular weight excluding hydrogens is 344 g/mol. The maximum Gasteiger partial charge on any atom is 0.257 e. The predicted molar refractivity (Wildman–Crippen MR) is 97.2 cm³/mol. The van der Waals surface area contributed by atoms with Crippen LogP contribution in [-0.4, -0.2) is 29.7 Å². The topological polar surface area (TPSA) is 92.2 Å². The Labute approximate surface area is 155 Å². The molecule has 1 saturated heterocycles. The van der Waals surface area contributed by atoms with Crippen molar-refractivity contribution in [3.63, 3.8) is 0 Å². The van der Waals surface area contributed by atoms with Crippen LogP contribution in [0.4, 0.5) is 5.69 Å². The molecule has 1 unspecified atom stereocenters. The third-order valence-corrected chi connectivity index (χ3v) is 4.56. The molecule has 0 saturated carbocycles. The number of carbonyl (C=O) groups is 1. The molecule has 2 aromatic carbocycles. The van der Waals surface area contributed by atoms with Gasteiger partial charge in [0.25, 0.3) is 5.89 Å². The molecule has 1 aromatic heterocycles. The van der Waals surface area contributed by atoms with Gasteiger partial charge in [-0.15, -0.1) is 0 Å². The van der Waals surface area contributed by atoms with Crippen molar-refractivity contribution in [3.8, 4) is 23.3 Å². The Morgan fingerprint density at radius 2 is 2.07 bits per heavy atom.